The summed E-state index contributed by atoms with van der Waals surface area (Å²) in [6.07, 6.45) is 2.69. The van der Waals surface area contributed by atoms with E-state index < -0.39 is 10.0 Å². The third-order valence-corrected chi connectivity index (χ3v) is 5.14. The molecular formula is C13H22N2O3S. The second-order valence-electron chi connectivity index (χ2n) is 5.65. The van der Waals surface area contributed by atoms with Crippen LogP contribution in [0.5, 0.6) is 0 Å². The van der Waals surface area contributed by atoms with Crippen LogP contribution >= 0.6 is 0 Å². The Morgan fingerprint density at radius 2 is 2.16 bits per heavy atom. The van der Waals surface area contributed by atoms with Gasteiger partial charge in [-0.15, -0.1) is 0 Å². The molecule has 2 N–H and O–H groups in total. The van der Waals surface area contributed by atoms with Gasteiger partial charge in [-0.1, -0.05) is 6.92 Å². The first-order valence-electron chi connectivity index (χ1n) is 6.66. The molecule has 1 aromatic rings. The molecule has 1 saturated carbocycles. The van der Waals surface area contributed by atoms with E-state index in [4.69, 9.17) is 0 Å². The second kappa shape index (κ2) is 5.26. The van der Waals surface area contributed by atoms with E-state index in [1.54, 1.807) is 16.8 Å². The monoisotopic (exact) mass is 286 g/mol. The zero-order valence-electron chi connectivity index (χ0n) is 11.6. The van der Waals surface area contributed by atoms with Gasteiger partial charge in [-0.2, -0.15) is 0 Å². The summed E-state index contributed by atoms with van der Waals surface area (Å²) in [4.78, 5) is 0.235. The van der Waals surface area contributed by atoms with Gasteiger partial charge in [0, 0.05) is 24.5 Å². The van der Waals surface area contributed by atoms with Crippen molar-refractivity contribution in [3.8, 4) is 0 Å². The van der Waals surface area contributed by atoms with Crippen LogP contribution in [0.2, 0.25) is 0 Å². The Hall–Kier alpha value is -0.850. The number of hydrogen-bond acceptors (Lipinski definition) is 3. The van der Waals surface area contributed by atoms with Crippen molar-refractivity contribution < 1.29 is 13.5 Å². The molecule has 2 atom stereocenters. The molecule has 0 aliphatic heterocycles. The first-order chi connectivity index (χ1) is 8.85. The van der Waals surface area contributed by atoms with Crippen molar-refractivity contribution in [2.24, 2.45) is 11.8 Å². The van der Waals surface area contributed by atoms with Gasteiger partial charge in [0.15, 0.2) is 0 Å². The maximum Gasteiger partial charge on any atom is 0.242 e. The summed E-state index contributed by atoms with van der Waals surface area (Å²) >= 11 is 0. The lowest BCUT2D eigenvalue weighted by Crippen LogP contribution is -2.25. The number of rotatable bonds is 6. The first kappa shape index (κ1) is 14.6. The molecule has 0 amide bonds. The largest absolute Gasteiger partial charge is 0.390 e. The van der Waals surface area contributed by atoms with Crippen LogP contribution in [-0.4, -0.2) is 24.6 Å². The second-order valence-corrected chi connectivity index (χ2v) is 7.42. The maximum atomic E-state index is 12.2. The molecule has 19 heavy (non-hydrogen) atoms. The lowest BCUT2D eigenvalue weighted by Gasteiger charge is -2.10. The van der Waals surface area contributed by atoms with Crippen molar-refractivity contribution in [3.63, 3.8) is 0 Å². The maximum absolute atomic E-state index is 12.2. The van der Waals surface area contributed by atoms with Crippen LogP contribution in [0.4, 0.5) is 0 Å². The summed E-state index contributed by atoms with van der Waals surface area (Å²) in [6.45, 7) is 6.37. The molecule has 6 heteroatoms. The molecule has 1 aliphatic carbocycles. The van der Waals surface area contributed by atoms with E-state index in [-0.39, 0.29) is 17.5 Å². The predicted octanol–water partition coefficient (Wildman–Crippen LogP) is 1.50. The highest BCUT2D eigenvalue weighted by molar-refractivity contribution is 7.89. The van der Waals surface area contributed by atoms with E-state index in [9.17, 15) is 13.5 Å². The highest BCUT2D eigenvalue weighted by Crippen LogP contribution is 2.37. The molecule has 0 spiro atoms. The Kier molecular flexibility index (Phi) is 4.03. The van der Waals surface area contributed by atoms with Crippen molar-refractivity contribution in [3.05, 3.63) is 18.0 Å². The average Bonchev–Trinajstić information content (AvgIpc) is 2.89. The van der Waals surface area contributed by atoms with E-state index in [1.165, 1.54) is 0 Å². The molecule has 2 unspecified atom stereocenters. The van der Waals surface area contributed by atoms with E-state index >= 15 is 0 Å². The Morgan fingerprint density at radius 3 is 2.58 bits per heavy atom. The highest BCUT2D eigenvalue weighted by Gasteiger charge is 2.33. The minimum Gasteiger partial charge on any atom is -0.390 e. The van der Waals surface area contributed by atoms with Gasteiger partial charge in [-0.25, -0.2) is 13.1 Å². The first-order valence-corrected chi connectivity index (χ1v) is 8.14. The number of aliphatic hydroxyl groups is 1. The number of nitrogens with one attached hydrogen (secondary N) is 1. The average molecular weight is 286 g/mol. The summed E-state index contributed by atoms with van der Waals surface area (Å²) in [5, 5.41) is 9.27. The van der Waals surface area contributed by atoms with Gasteiger partial charge >= 0.3 is 0 Å². The van der Waals surface area contributed by atoms with Crippen molar-refractivity contribution in [1.82, 2.24) is 9.29 Å². The molecular weight excluding hydrogens is 264 g/mol. The van der Waals surface area contributed by atoms with Gasteiger partial charge in [0.25, 0.3) is 0 Å². The zero-order chi connectivity index (χ0) is 14.2. The molecule has 1 heterocycles. The van der Waals surface area contributed by atoms with Crippen molar-refractivity contribution in [2.45, 2.75) is 44.7 Å². The molecule has 2 rings (SSSR count). The summed E-state index contributed by atoms with van der Waals surface area (Å²) in [7, 11) is -3.47. The number of hydrogen-bond donors (Lipinski definition) is 2. The van der Waals surface area contributed by atoms with Gasteiger partial charge in [0.2, 0.25) is 10.0 Å². The van der Waals surface area contributed by atoms with Crippen LogP contribution in [0.25, 0.3) is 0 Å². The third-order valence-electron chi connectivity index (χ3n) is 3.75. The van der Waals surface area contributed by atoms with Gasteiger partial charge in [0.1, 0.15) is 0 Å². The minimum absolute atomic E-state index is 0.120. The molecule has 0 radical (unpaired) electrons. The Morgan fingerprint density at radius 1 is 1.53 bits per heavy atom. The molecule has 1 fully saturated rings. The molecule has 5 nitrogen and oxygen atoms in total. The molecule has 108 valence electrons. The molecule has 0 bridgehead atoms. The van der Waals surface area contributed by atoms with Gasteiger partial charge < -0.3 is 9.67 Å². The summed E-state index contributed by atoms with van der Waals surface area (Å²) in [6, 6.07) is 1.66. The van der Waals surface area contributed by atoms with Crippen LogP contribution in [0.3, 0.4) is 0 Å². The topological polar surface area (TPSA) is 71.3 Å². The molecule has 1 aliphatic rings. The number of sulfonamides is 1. The third kappa shape index (κ3) is 3.19. The van der Waals surface area contributed by atoms with Crippen molar-refractivity contribution in [2.75, 3.05) is 6.54 Å². The Balaban J connectivity index is 2.15. The van der Waals surface area contributed by atoms with Crippen LogP contribution in [0.15, 0.2) is 17.2 Å². The summed E-state index contributed by atoms with van der Waals surface area (Å²) < 4.78 is 28.8. The fourth-order valence-corrected chi connectivity index (χ4v) is 3.38. The summed E-state index contributed by atoms with van der Waals surface area (Å²) in [5.41, 5.74) is 0.621. The number of aromatic nitrogens is 1. The van der Waals surface area contributed by atoms with Crippen LogP contribution in [0, 0.1) is 11.8 Å². The zero-order valence-corrected chi connectivity index (χ0v) is 12.4. The molecule has 0 saturated heterocycles. The van der Waals surface area contributed by atoms with Crippen LogP contribution in [0.1, 0.15) is 38.9 Å². The van der Waals surface area contributed by atoms with Gasteiger partial charge in [-0.3, -0.25) is 0 Å². The minimum atomic E-state index is -3.47. The fraction of sp³-hybridized carbons (Fsp3) is 0.692. The van der Waals surface area contributed by atoms with Crippen molar-refractivity contribution in [1.29, 1.82) is 0 Å². The molecule has 0 aromatic carbocycles. The van der Waals surface area contributed by atoms with Crippen LogP contribution < -0.4 is 4.72 Å². The van der Waals surface area contributed by atoms with E-state index in [0.717, 1.165) is 6.42 Å². The van der Waals surface area contributed by atoms with E-state index in [2.05, 4.69) is 11.6 Å². The van der Waals surface area contributed by atoms with Crippen LogP contribution in [-0.2, 0) is 16.6 Å². The highest BCUT2D eigenvalue weighted by atomic mass is 32.2. The lowest BCUT2D eigenvalue weighted by atomic mass is 10.3. The van der Waals surface area contributed by atoms with Gasteiger partial charge in [0.05, 0.1) is 11.5 Å². The van der Waals surface area contributed by atoms with Crippen molar-refractivity contribution >= 4 is 10.0 Å². The quantitative estimate of drug-likeness (QED) is 0.832. The Labute approximate surface area is 114 Å². The van der Waals surface area contributed by atoms with E-state index in [1.807, 2.05) is 13.8 Å². The standard InChI is InChI=1S/C13H22N2O3S/c1-9(2)15-7-13(5-12(15)8-16)19(17,18)14-6-11-4-10(11)3/h5,7,9-11,14,16H,4,6,8H2,1-3H3. The number of aliphatic hydroxyl groups excluding tert-OH is 1. The molecule has 1 aromatic heterocycles. The lowest BCUT2D eigenvalue weighted by molar-refractivity contribution is 0.268. The number of nitrogens with zero attached hydrogens (tertiary/aromatic N) is 1. The predicted molar refractivity (Wildman–Crippen MR) is 73.2 cm³/mol. The van der Waals surface area contributed by atoms with Gasteiger partial charge in [-0.05, 0) is 38.2 Å². The summed E-state index contributed by atoms with van der Waals surface area (Å²) in [5.74, 6) is 1.09. The fourth-order valence-electron chi connectivity index (χ4n) is 2.23. The smallest absolute Gasteiger partial charge is 0.242 e. The Bertz CT molecular complexity index is 548. The SMILES string of the molecule is CC1CC1CNS(=O)(=O)c1cc(CO)n(C(C)C)c1. The van der Waals surface area contributed by atoms with E-state index in [0.29, 0.717) is 24.1 Å². The normalized spacial score (nSPS) is 23.0.